The largest absolute Gasteiger partial charge is 0.301 e. The van der Waals surface area contributed by atoms with Gasteiger partial charge in [-0.25, -0.2) is 0 Å². The Morgan fingerprint density at radius 1 is 1.38 bits per heavy atom. The third-order valence-corrected chi connectivity index (χ3v) is 3.57. The molecule has 13 heavy (non-hydrogen) atoms. The maximum atomic E-state index is 2.64. The van der Waals surface area contributed by atoms with Crippen LogP contribution in [0.25, 0.3) is 0 Å². The first-order valence-corrected chi connectivity index (χ1v) is 5.26. The lowest BCUT2D eigenvalue weighted by atomic mass is 10.2. The van der Waals surface area contributed by atoms with E-state index in [0.717, 1.165) is 12.1 Å². The summed E-state index contributed by atoms with van der Waals surface area (Å²) in [5.74, 6) is 0. The van der Waals surface area contributed by atoms with Crippen LogP contribution in [0.4, 0.5) is 0 Å². The van der Waals surface area contributed by atoms with E-state index in [1.807, 2.05) is 0 Å². The minimum atomic E-state index is 0.838. The van der Waals surface area contributed by atoms with E-state index in [9.17, 15) is 0 Å². The molecule has 0 N–H and O–H groups in total. The van der Waals surface area contributed by atoms with Gasteiger partial charge in [-0.05, 0) is 27.3 Å². The minimum Gasteiger partial charge on any atom is -0.301 e. The first kappa shape index (κ1) is 9.22. The summed E-state index contributed by atoms with van der Waals surface area (Å²) in [6.45, 7) is 8.12. The van der Waals surface area contributed by atoms with Crippen molar-refractivity contribution in [3.8, 4) is 0 Å². The van der Waals surface area contributed by atoms with Crippen LogP contribution >= 0.6 is 0 Å². The van der Waals surface area contributed by atoms with Crippen molar-refractivity contribution in [3.05, 3.63) is 11.6 Å². The zero-order valence-corrected chi connectivity index (χ0v) is 8.95. The molecule has 2 atom stereocenters. The normalized spacial score (nSPS) is 36.1. The number of likely N-dealkylation sites (tertiary alicyclic amines) is 2. The Balaban J connectivity index is 1.92. The van der Waals surface area contributed by atoms with E-state index in [2.05, 4.69) is 36.8 Å². The number of allylic oxidation sites excluding steroid dienone is 1. The lowest BCUT2D eigenvalue weighted by Gasteiger charge is -2.32. The van der Waals surface area contributed by atoms with E-state index in [0.29, 0.717) is 0 Å². The molecular formula is C11H20N2. The lowest BCUT2D eigenvalue weighted by molar-refractivity contribution is 0.159. The van der Waals surface area contributed by atoms with Gasteiger partial charge >= 0.3 is 0 Å². The van der Waals surface area contributed by atoms with Gasteiger partial charge in [-0.15, -0.1) is 0 Å². The van der Waals surface area contributed by atoms with E-state index in [1.54, 1.807) is 0 Å². The van der Waals surface area contributed by atoms with Gasteiger partial charge in [0.25, 0.3) is 0 Å². The molecule has 74 valence electrons. The Bertz CT molecular complexity index is 220. The summed E-state index contributed by atoms with van der Waals surface area (Å²) in [7, 11) is 2.25. The molecule has 2 heterocycles. The minimum absolute atomic E-state index is 0.838. The van der Waals surface area contributed by atoms with Gasteiger partial charge in [0.1, 0.15) is 0 Å². The molecular weight excluding hydrogens is 160 g/mol. The van der Waals surface area contributed by atoms with Crippen molar-refractivity contribution in [3.63, 3.8) is 0 Å². The molecule has 2 unspecified atom stereocenters. The fraction of sp³-hybridized carbons (Fsp3) is 0.818. The van der Waals surface area contributed by atoms with Crippen LogP contribution in [0.3, 0.4) is 0 Å². The molecule has 2 aliphatic rings. The molecule has 0 spiro atoms. The van der Waals surface area contributed by atoms with Gasteiger partial charge in [0.15, 0.2) is 0 Å². The average Bonchev–Trinajstić information content (AvgIpc) is 2.63. The highest BCUT2D eigenvalue weighted by Crippen LogP contribution is 2.29. The molecule has 0 radical (unpaired) electrons. The van der Waals surface area contributed by atoms with Gasteiger partial charge < -0.3 is 4.90 Å². The molecule has 2 fully saturated rings. The zero-order valence-electron chi connectivity index (χ0n) is 8.95. The molecule has 0 aromatic rings. The van der Waals surface area contributed by atoms with Crippen molar-refractivity contribution >= 4 is 0 Å². The van der Waals surface area contributed by atoms with E-state index in [4.69, 9.17) is 0 Å². The fourth-order valence-electron chi connectivity index (χ4n) is 2.55. The molecule has 0 saturated carbocycles. The number of fused-ring (bicyclic) bond motifs is 2. The standard InChI is InChI=1S/C11H20N2/c1-4-9(2)6-13-8-10-5-11(13)7-12(10)3/h4,10-11H,5-8H2,1-3H3/b9-4+. The average molecular weight is 180 g/mol. The van der Waals surface area contributed by atoms with Gasteiger partial charge in [0.05, 0.1) is 0 Å². The van der Waals surface area contributed by atoms with E-state index in [1.165, 1.54) is 31.6 Å². The number of nitrogens with zero attached hydrogens (tertiary/aromatic N) is 2. The molecule has 2 rings (SSSR count). The Hall–Kier alpha value is -0.340. The summed E-state index contributed by atoms with van der Waals surface area (Å²) in [6, 6.07) is 1.68. The second kappa shape index (κ2) is 3.43. The van der Waals surface area contributed by atoms with Crippen molar-refractivity contribution in [2.45, 2.75) is 32.4 Å². The summed E-state index contributed by atoms with van der Waals surface area (Å²) >= 11 is 0. The van der Waals surface area contributed by atoms with Gasteiger partial charge in [0, 0.05) is 31.7 Å². The molecule has 2 bridgehead atoms. The van der Waals surface area contributed by atoms with Crippen LogP contribution < -0.4 is 0 Å². The van der Waals surface area contributed by atoms with Crippen molar-refractivity contribution in [1.82, 2.24) is 9.80 Å². The van der Waals surface area contributed by atoms with Gasteiger partial charge in [0.2, 0.25) is 0 Å². The number of hydrogen-bond acceptors (Lipinski definition) is 2. The second-order valence-electron chi connectivity index (χ2n) is 4.55. The summed E-state index contributed by atoms with van der Waals surface area (Å²) in [4.78, 5) is 5.14. The SMILES string of the molecule is C/C=C(\C)CN1CC2CC1CN2C. The monoisotopic (exact) mass is 180 g/mol. The third-order valence-electron chi connectivity index (χ3n) is 3.57. The maximum Gasteiger partial charge on any atom is 0.0242 e. The van der Waals surface area contributed by atoms with Crippen LogP contribution in [0.2, 0.25) is 0 Å². The summed E-state index contributed by atoms with van der Waals surface area (Å²) in [5, 5.41) is 0. The van der Waals surface area contributed by atoms with Crippen molar-refractivity contribution in [1.29, 1.82) is 0 Å². The first-order valence-electron chi connectivity index (χ1n) is 5.26. The number of piperazine rings is 1. The molecule has 0 amide bonds. The Morgan fingerprint density at radius 2 is 2.15 bits per heavy atom. The first-order chi connectivity index (χ1) is 6.20. The quantitative estimate of drug-likeness (QED) is 0.592. The molecule has 2 aliphatic heterocycles. The van der Waals surface area contributed by atoms with Crippen LogP contribution in [-0.2, 0) is 0 Å². The van der Waals surface area contributed by atoms with Crippen LogP contribution in [0.5, 0.6) is 0 Å². The molecule has 2 heteroatoms. The van der Waals surface area contributed by atoms with Crippen LogP contribution in [-0.4, -0.2) is 48.6 Å². The lowest BCUT2D eigenvalue weighted by Crippen LogP contribution is -2.44. The van der Waals surface area contributed by atoms with Crippen LogP contribution in [0.15, 0.2) is 11.6 Å². The summed E-state index contributed by atoms with van der Waals surface area (Å²) in [6.07, 6.45) is 3.63. The van der Waals surface area contributed by atoms with Crippen LogP contribution in [0, 0.1) is 0 Å². The smallest absolute Gasteiger partial charge is 0.0242 e. The van der Waals surface area contributed by atoms with E-state index in [-0.39, 0.29) is 0 Å². The Kier molecular flexibility index (Phi) is 2.43. The molecule has 2 saturated heterocycles. The number of hydrogen-bond donors (Lipinski definition) is 0. The van der Waals surface area contributed by atoms with E-state index < -0.39 is 0 Å². The maximum absolute atomic E-state index is 2.64. The van der Waals surface area contributed by atoms with Gasteiger partial charge in [-0.3, -0.25) is 4.90 Å². The Labute approximate surface area is 81.2 Å². The Morgan fingerprint density at radius 3 is 2.62 bits per heavy atom. The highest BCUT2D eigenvalue weighted by atomic mass is 15.3. The number of likely N-dealkylation sites (N-methyl/N-ethyl adjacent to an activating group) is 1. The molecule has 0 aromatic heterocycles. The predicted molar refractivity (Wildman–Crippen MR) is 55.8 cm³/mol. The van der Waals surface area contributed by atoms with Gasteiger partial charge in [-0.2, -0.15) is 0 Å². The van der Waals surface area contributed by atoms with Crippen molar-refractivity contribution in [2.24, 2.45) is 0 Å². The zero-order chi connectivity index (χ0) is 9.42. The van der Waals surface area contributed by atoms with Crippen molar-refractivity contribution < 1.29 is 0 Å². The van der Waals surface area contributed by atoms with Crippen molar-refractivity contribution in [2.75, 3.05) is 26.7 Å². The predicted octanol–water partition coefficient (Wildman–Crippen LogP) is 1.34. The fourth-order valence-corrected chi connectivity index (χ4v) is 2.55. The summed E-state index contributed by atoms with van der Waals surface area (Å²) in [5.41, 5.74) is 1.51. The topological polar surface area (TPSA) is 6.48 Å². The summed E-state index contributed by atoms with van der Waals surface area (Å²) < 4.78 is 0. The van der Waals surface area contributed by atoms with Crippen LogP contribution in [0.1, 0.15) is 20.3 Å². The highest BCUT2D eigenvalue weighted by Gasteiger charge is 2.40. The second-order valence-corrected chi connectivity index (χ2v) is 4.55. The van der Waals surface area contributed by atoms with E-state index >= 15 is 0 Å². The third kappa shape index (κ3) is 1.65. The highest BCUT2D eigenvalue weighted by molar-refractivity contribution is 5.05. The number of rotatable bonds is 2. The molecule has 2 nitrogen and oxygen atoms in total. The van der Waals surface area contributed by atoms with Gasteiger partial charge in [-0.1, -0.05) is 11.6 Å². The molecule has 0 aliphatic carbocycles. The molecule has 0 aromatic carbocycles.